The molecule has 11 heteroatoms. The molecule has 39 heavy (non-hydrogen) atoms. The average Bonchev–Trinajstić information content (AvgIpc) is 3.58. The summed E-state index contributed by atoms with van der Waals surface area (Å²) in [5.74, 6) is -1.65. The number of rotatable bonds is 6. The van der Waals surface area contributed by atoms with Gasteiger partial charge in [-0.3, -0.25) is 9.59 Å². The number of hydrogen-bond donors (Lipinski definition) is 1. The van der Waals surface area contributed by atoms with E-state index < -0.39 is 57.9 Å². The van der Waals surface area contributed by atoms with Crippen LogP contribution in [0.4, 0.5) is 26.3 Å². The lowest BCUT2D eigenvalue weighted by Gasteiger charge is -2.45. The molecule has 0 radical (unpaired) electrons. The van der Waals surface area contributed by atoms with Crippen LogP contribution in [0, 0.1) is 0 Å². The molecule has 2 aromatic carbocycles. The SMILES string of the molecule is CN(C(=O)C(C)(C)c1cc(C(F)(F)F)cc(C(F)(F)F)c1)[C@]1(C(=O)[C@H]2CCCO2)CNC[C@H]1c1ccccc1. The fraction of sp³-hybridized carbons (Fsp3) is 0.500. The molecule has 0 aromatic heterocycles. The number of ether oxygens (including phenoxy) is 1. The third kappa shape index (κ3) is 5.30. The largest absolute Gasteiger partial charge is 0.416 e. The molecule has 0 bridgehead atoms. The summed E-state index contributed by atoms with van der Waals surface area (Å²) < 4.78 is 87.1. The molecule has 4 rings (SSSR count). The van der Waals surface area contributed by atoms with Gasteiger partial charge in [0.2, 0.25) is 5.91 Å². The zero-order valence-corrected chi connectivity index (χ0v) is 21.7. The highest BCUT2D eigenvalue weighted by Gasteiger charge is 2.58. The van der Waals surface area contributed by atoms with Gasteiger partial charge in [-0.2, -0.15) is 26.3 Å². The van der Waals surface area contributed by atoms with E-state index in [4.69, 9.17) is 4.74 Å². The van der Waals surface area contributed by atoms with E-state index >= 15 is 0 Å². The van der Waals surface area contributed by atoms with Crippen LogP contribution in [0.15, 0.2) is 48.5 Å². The number of nitrogens with zero attached hydrogens (tertiary/aromatic N) is 1. The van der Waals surface area contributed by atoms with Crippen LogP contribution in [-0.2, 0) is 32.1 Å². The van der Waals surface area contributed by atoms with Crippen molar-refractivity contribution in [3.8, 4) is 0 Å². The van der Waals surface area contributed by atoms with E-state index in [-0.39, 0.29) is 18.4 Å². The number of amides is 1. The Morgan fingerprint density at radius 1 is 0.949 bits per heavy atom. The number of halogens is 6. The zero-order chi connectivity index (χ0) is 28.8. The normalized spacial score (nSPS) is 24.1. The molecule has 1 N–H and O–H groups in total. The average molecular weight is 557 g/mol. The van der Waals surface area contributed by atoms with Crippen LogP contribution in [0.5, 0.6) is 0 Å². The van der Waals surface area contributed by atoms with Crippen molar-refractivity contribution >= 4 is 11.7 Å². The maximum atomic E-state index is 14.1. The van der Waals surface area contributed by atoms with E-state index in [1.54, 1.807) is 18.2 Å². The van der Waals surface area contributed by atoms with Gasteiger partial charge in [-0.1, -0.05) is 30.3 Å². The van der Waals surface area contributed by atoms with E-state index in [0.29, 0.717) is 38.1 Å². The van der Waals surface area contributed by atoms with Gasteiger partial charge in [0.1, 0.15) is 11.6 Å². The Labute approximate surface area is 222 Å². The molecule has 2 heterocycles. The molecule has 2 aliphatic heterocycles. The predicted octanol–water partition coefficient (Wildman–Crippen LogP) is 5.33. The number of benzene rings is 2. The van der Waals surface area contributed by atoms with E-state index in [0.717, 1.165) is 5.56 Å². The zero-order valence-electron chi connectivity index (χ0n) is 21.7. The minimum absolute atomic E-state index is 0.0303. The Hall–Kier alpha value is -2.92. The first-order chi connectivity index (χ1) is 18.1. The molecule has 212 valence electrons. The summed E-state index contributed by atoms with van der Waals surface area (Å²) in [6.07, 6.45) is -9.79. The second kappa shape index (κ2) is 10.2. The molecular weight excluding hydrogens is 526 g/mol. The molecule has 5 nitrogen and oxygen atoms in total. The van der Waals surface area contributed by atoms with Gasteiger partial charge in [0, 0.05) is 32.7 Å². The first kappa shape index (κ1) is 29.1. The predicted molar refractivity (Wildman–Crippen MR) is 131 cm³/mol. The summed E-state index contributed by atoms with van der Waals surface area (Å²) >= 11 is 0. The number of likely N-dealkylation sites (N-methyl/N-ethyl adjacent to an activating group) is 1. The number of ketones is 1. The van der Waals surface area contributed by atoms with Crippen LogP contribution in [0.3, 0.4) is 0 Å². The van der Waals surface area contributed by atoms with Crippen molar-refractivity contribution in [2.24, 2.45) is 0 Å². The highest BCUT2D eigenvalue weighted by Crippen LogP contribution is 2.43. The molecule has 0 aliphatic carbocycles. The second-order valence-corrected chi connectivity index (χ2v) is 10.7. The number of carbonyl (C=O) groups is 2. The lowest BCUT2D eigenvalue weighted by Crippen LogP contribution is -2.64. The number of Topliss-reactive ketones (excluding diaryl/α,β-unsaturated/α-hetero) is 1. The molecule has 0 unspecified atom stereocenters. The molecule has 0 spiro atoms. The number of nitrogens with one attached hydrogen (secondary N) is 1. The fourth-order valence-corrected chi connectivity index (χ4v) is 5.66. The maximum absolute atomic E-state index is 14.1. The number of alkyl halides is 6. The summed E-state index contributed by atoms with van der Waals surface area (Å²) in [7, 11) is 1.39. The molecular formula is C28H30F6N2O3. The third-order valence-corrected chi connectivity index (χ3v) is 7.92. The second-order valence-electron chi connectivity index (χ2n) is 10.7. The lowest BCUT2D eigenvalue weighted by atomic mass is 9.73. The topological polar surface area (TPSA) is 58.6 Å². The summed E-state index contributed by atoms with van der Waals surface area (Å²) in [5, 5.41) is 3.18. The molecule has 2 fully saturated rings. The molecule has 1 amide bonds. The quantitative estimate of drug-likeness (QED) is 0.489. The van der Waals surface area contributed by atoms with Crippen LogP contribution >= 0.6 is 0 Å². The maximum Gasteiger partial charge on any atom is 0.416 e. The Morgan fingerprint density at radius 2 is 1.51 bits per heavy atom. The third-order valence-electron chi connectivity index (χ3n) is 7.92. The molecule has 2 aliphatic rings. The van der Waals surface area contributed by atoms with Crippen LogP contribution in [-0.4, -0.2) is 55.0 Å². The highest BCUT2D eigenvalue weighted by molar-refractivity contribution is 6.00. The standard InChI is InChI=1S/C28H30F6N2O3/c1-25(2,18-12-19(27(29,30)31)14-20(13-18)28(32,33)34)24(38)36(3)26(23(37)22-10-7-11-39-22)16-35-15-21(26)17-8-5-4-6-9-17/h4-6,8-9,12-14,21-22,35H,7,10-11,15-16H2,1-3H3/t21-,22+,26+/m0/s1. The van der Waals surface area contributed by atoms with Crippen molar-refractivity contribution < 1.29 is 40.7 Å². The van der Waals surface area contributed by atoms with E-state index in [2.05, 4.69) is 5.32 Å². The first-order valence-electron chi connectivity index (χ1n) is 12.6. The molecule has 2 saturated heterocycles. The van der Waals surface area contributed by atoms with Gasteiger partial charge in [0.05, 0.1) is 16.5 Å². The Morgan fingerprint density at radius 3 is 2.03 bits per heavy atom. The number of hydrogen-bond acceptors (Lipinski definition) is 4. The lowest BCUT2D eigenvalue weighted by molar-refractivity contribution is -0.152. The van der Waals surface area contributed by atoms with Gasteiger partial charge in [0.25, 0.3) is 0 Å². The Kier molecular flexibility index (Phi) is 7.63. The van der Waals surface area contributed by atoms with Crippen molar-refractivity contribution in [1.29, 1.82) is 0 Å². The van der Waals surface area contributed by atoms with Crippen LogP contribution in [0.2, 0.25) is 0 Å². The summed E-state index contributed by atoms with van der Waals surface area (Å²) in [4.78, 5) is 29.4. The Bertz CT molecular complexity index is 1190. The Balaban J connectivity index is 1.82. The van der Waals surface area contributed by atoms with Crippen molar-refractivity contribution in [2.75, 3.05) is 26.7 Å². The van der Waals surface area contributed by atoms with Gasteiger partial charge in [-0.05, 0) is 56.0 Å². The summed E-state index contributed by atoms with van der Waals surface area (Å²) in [6, 6.07) is 10.2. The monoisotopic (exact) mass is 556 g/mol. The van der Waals surface area contributed by atoms with Crippen molar-refractivity contribution in [2.45, 2.75) is 62.0 Å². The van der Waals surface area contributed by atoms with Gasteiger partial charge >= 0.3 is 12.4 Å². The van der Waals surface area contributed by atoms with Gasteiger partial charge < -0.3 is 15.0 Å². The van der Waals surface area contributed by atoms with Crippen LogP contribution < -0.4 is 5.32 Å². The van der Waals surface area contributed by atoms with E-state index in [1.165, 1.54) is 25.8 Å². The van der Waals surface area contributed by atoms with Crippen molar-refractivity contribution in [3.63, 3.8) is 0 Å². The molecule has 0 saturated carbocycles. The van der Waals surface area contributed by atoms with Crippen molar-refractivity contribution in [3.05, 3.63) is 70.8 Å². The smallest absolute Gasteiger partial charge is 0.370 e. The summed E-state index contributed by atoms with van der Waals surface area (Å²) in [5.41, 5.74) is -6.02. The number of carbonyl (C=O) groups excluding carboxylic acids is 2. The van der Waals surface area contributed by atoms with Crippen LogP contribution in [0.25, 0.3) is 0 Å². The fourth-order valence-electron chi connectivity index (χ4n) is 5.66. The first-order valence-corrected chi connectivity index (χ1v) is 12.6. The highest BCUT2D eigenvalue weighted by atomic mass is 19.4. The van der Waals surface area contributed by atoms with Gasteiger partial charge in [0.15, 0.2) is 5.78 Å². The van der Waals surface area contributed by atoms with Crippen LogP contribution in [0.1, 0.15) is 54.9 Å². The van der Waals surface area contributed by atoms with Gasteiger partial charge in [-0.15, -0.1) is 0 Å². The summed E-state index contributed by atoms with van der Waals surface area (Å²) in [6.45, 7) is 3.31. The van der Waals surface area contributed by atoms with E-state index in [1.807, 2.05) is 12.1 Å². The van der Waals surface area contributed by atoms with E-state index in [9.17, 15) is 35.9 Å². The van der Waals surface area contributed by atoms with Crippen molar-refractivity contribution in [1.82, 2.24) is 10.2 Å². The van der Waals surface area contributed by atoms with Gasteiger partial charge in [-0.25, -0.2) is 0 Å². The minimum atomic E-state index is -5.06. The molecule has 3 atom stereocenters. The minimum Gasteiger partial charge on any atom is -0.370 e. The molecule has 2 aromatic rings.